The van der Waals surface area contributed by atoms with Crippen molar-refractivity contribution in [3.8, 4) is 18.0 Å². The monoisotopic (exact) mass is 240 g/mol. The van der Waals surface area contributed by atoms with E-state index in [1.807, 2.05) is 0 Å². The van der Waals surface area contributed by atoms with Gasteiger partial charge in [-0.3, -0.25) is 4.57 Å². The van der Waals surface area contributed by atoms with Crippen molar-refractivity contribution in [3.63, 3.8) is 0 Å². The molecular weight excluding hydrogens is 236 g/mol. The number of aromatic nitrogens is 4. The summed E-state index contributed by atoms with van der Waals surface area (Å²) in [7, 11) is 0. The van der Waals surface area contributed by atoms with Gasteiger partial charge < -0.3 is 5.11 Å². The van der Waals surface area contributed by atoms with Gasteiger partial charge in [-0.2, -0.15) is 15.6 Å². The van der Waals surface area contributed by atoms with Crippen LogP contribution in [-0.2, 0) is 0 Å². The van der Waals surface area contributed by atoms with Crippen molar-refractivity contribution in [1.29, 1.82) is 10.5 Å². The highest BCUT2D eigenvalue weighted by Gasteiger charge is 2.18. The Morgan fingerprint density at radius 3 is 2.78 bits per heavy atom. The van der Waals surface area contributed by atoms with E-state index in [4.69, 9.17) is 15.6 Å². The van der Waals surface area contributed by atoms with Crippen LogP contribution < -0.4 is 0 Å². The number of carboxylic acids is 1. The van der Waals surface area contributed by atoms with Crippen molar-refractivity contribution in [3.05, 3.63) is 35.5 Å². The molecule has 2 aromatic heterocycles. The van der Waals surface area contributed by atoms with Crippen LogP contribution in [0.3, 0.4) is 0 Å². The lowest BCUT2D eigenvalue weighted by Crippen LogP contribution is -2.09. The fourth-order valence-corrected chi connectivity index (χ4v) is 1.37. The molecule has 0 fully saturated rings. The van der Waals surface area contributed by atoms with Crippen molar-refractivity contribution < 1.29 is 9.90 Å². The van der Waals surface area contributed by atoms with E-state index in [0.29, 0.717) is 0 Å². The molecule has 0 saturated heterocycles. The van der Waals surface area contributed by atoms with Crippen LogP contribution in [0.15, 0.2) is 18.6 Å². The lowest BCUT2D eigenvalue weighted by atomic mass is 10.2. The van der Waals surface area contributed by atoms with Gasteiger partial charge in [-0.25, -0.2) is 9.78 Å². The Labute approximate surface area is 100 Å². The number of carbonyl (C=O) groups is 1. The SMILES string of the molecule is N#Cc1ncn(-c2nnccc2C(=O)O)c1C#N. The van der Waals surface area contributed by atoms with E-state index in [2.05, 4.69) is 15.2 Å². The summed E-state index contributed by atoms with van der Waals surface area (Å²) < 4.78 is 1.12. The second-order valence-corrected chi connectivity index (χ2v) is 3.11. The number of hydrogen-bond acceptors (Lipinski definition) is 6. The van der Waals surface area contributed by atoms with E-state index in [9.17, 15) is 4.79 Å². The average molecular weight is 240 g/mol. The minimum absolute atomic E-state index is 0.0597. The van der Waals surface area contributed by atoms with Gasteiger partial charge >= 0.3 is 5.97 Å². The molecule has 0 aliphatic heterocycles. The number of hydrogen-bond donors (Lipinski definition) is 1. The summed E-state index contributed by atoms with van der Waals surface area (Å²) in [5.41, 5.74) is -0.316. The first-order chi connectivity index (χ1) is 8.69. The lowest BCUT2D eigenvalue weighted by Gasteiger charge is -2.04. The molecule has 0 unspecified atom stereocenters. The molecule has 86 valence electrons. The minimum Gasteiger partial charge on any atom is -0.478 e. The molecule has 0 spiro atoms. The Morgan fingerprint density at radius 2 is 2.17 bits per heavy atom. The highest BCUT2D eigenvalue weighted by atomic mass is 16.4. The van der Waals surface area contributed by atoms with Crippen molar-refractivity contribution in [2.45, 2.75) is 0 Å². The maximum Gasteiger partial charge on any atom is 0.339 e. The molecule has 2 heterocycles. The first-order valence-corrected chi connectivity index (χ1v) is 4.62. The fraction of sp³-hybridized carbons (Fsp3) is 0. The molecule has 8 heteroatoms. The first kappa shape index (κ1) is 11.2. The van der Waals surface area contributed by atoms with E-state index >= 15 is 0 Å². The van der Waals surface area contributed by atoms with Gasteiger partial charge in [-0.05, 0) is 6.07 Å². The van der Waals surface area contributed by atoms with E-state index in [-0.39, 0.29) is 22.8 Å². The quantitative estimate of drug-likeness (QED) is 0.788. The molecule has 0 aromatic carbocycles. The summed E-state index contributed by atoms with van der Waals surface area (Å²) in [5, 5.41) is 33.9. The standard InChI is InChI=1S/C10H4N6O2/c11-3-7-8(4-12)16(5-13-7)9-6(10(17)18)1-2-14-15-9/h1-2,5H,(H,17,18). The second-order valence-electron chi connectivity index (χ2n) is 3.11. The molecule has 0 saturated carbocycles. The van der Waals surface area contributed by atoms with Crippen LogP contribution in [0.25, 0.3) is 5.82 Å². The molecule has 0 aliphatic carbocycles. The predicted molar refractivity (Wildman–Crippen MR) is 55.5 cm³/mol. The van der Waals surface area contributed by atoms with E-state index in [0.717, 1.165) is 10.9 Å². The maximum absolute atomic E-state index is 11.0. The van der Waals surface area contributed by atoms with Gasteiger partial charge in [0.1, 0.15) is 24.0 Å². The van der Waals surface area contributed by atoms with Gasteiger partial charge in [0.25, 0.3) is 0 Å². The smallest absolute Gasteiger partial charge is 0.339 e. The second kappa shape index (κ2) is 4.31. The first-order valence-electron chi connectivity index (χ1n) is 4.62. The van der Waals surface area contributed by atoms with Crippen molar-refractivity contribution in [2.75, 3.05) is 0 Å². The van der Waals surface area contributed by atoms with E-state index < -0.39 is 5.97 Å². The van der Waals surface area contributed by atoms with Crippen molar-refractivity contribution in [1.82, 2.24) is 19.7 Å². The summed E-state index contributed by atoms with van der Waals surface area (Å²) in [5.74, 6) is -1.27. The number of nitriles is 2. The third kappa shape index (κ3) is 1.64. The van der Waals surface area contributed by atoms with Gasteiger partial charge in [0, 0.05) is 0 Å². The van der Waals surface area contributed by atoms with Crippen LogP contribution in [0.4, 0.5) is 0 Å². The zero-order valence-corrected chi connectivity index (χ0v) is 8.77. The summed E-state index contributed by atoms with van der Waals surface area (Å²) in [6.45, 7) is 0. The number of nitrogens with zero attached hydrogens (tertiary/aromatic N) is 6. The number of rotatable bonds is 2. The molecule has 2 rings (SSSR count). The molecule has 0 aliphatic rings. The zero-order valence-electron chi connectivity index (χ0n) is 8.77. The van der Waals surface area contributed by atoms with Crippen LogP contribution >= 0.6 is 0 Å². The van der Waals surface area contributed by atoms with Crippen LogP contribution in [-0.4, -0.2) is 30.8 Å². The highest BCUT2D eigenvalue weighted by Crippen LogP contribution is 2.15. The van der Waals surface area contributed by atoms with Crippen molar-refractivity contribution >= 4 is 5.97 Å². The molecule has 0 radical (unpaired) electrons. The molecule has 1 N–H and O–H groups in total. The summed E-state index contributed by atoms with van der Waals surface area (Å²) in [6.07, 6.45) is 2.38. The molecule has 8 nitrogen and oxygen atoms in total. The summed E-state index contributed by atoms with van der Waals surface area (Å²) in [4.78, 5) is 14.7. The third-order valence-corrected chi connectivity index (χ3v) is 2.14. The summed E-state index contributed by atoms with van der Waals surface area (Å²) in [6, 6.07) is 4.76. The van der Waals surface area contributed by atoms with E-state index in [1.165, 1.54) is 12.3 Å². The van der Waals surface area contributed by atoms with Gasteiger partial charge in [0.05, 0.1) is 6.20 Å². The number of imidazole rings is 1. The highest BCUT2D eigenvalue weighted by molar-refractivity contribution is 5.91. The van der Waals surface area contributed by atoms with Crippen LogP contribution in [0.5, 0.6) is 0 Å². The predicted octanol–water partition coefficient (Wildman–Crippen LogP) is 0.104. The van der Waals surface area contributed by atoms with E-state index in [1.54, 1.807) is 12.1 Å². The van der Waals surface area contributed by atoms with Gasteiger partial charge in [-0.1, -0.05) is 0 Å². The lowest BCUT2D eigenvalue weighted by molar-refractivity contribution is 0.0696. The molecule has 0 amide bonds. The largest absolute Gasteiger partial charge is 0.478 e. The van der Waals surface area contributed by atoms with Crippen LogP contribution in [0, 0.1) is 22.7 Å². The molecule has 2 aromatic rings. The topological polar surface area (TPSA) is 128 Å². The Morgan fingerprint density at radius 1 is 1.39 bits per heavy atom. The molecular formula is C10H4N6O2. The Balaban J connectivity index is 2.72. The van der Waals surface area contributed by atoms with Gasteiger partial charge in [-0.15, -0.1) is 5.10 Å². The zero-order chi connectivity index (χ0) is 13.1. The van der Waals surface area contributed by atoms with Crippen molar-refractivity contribution in [2.24, 2.45) is 0 Å². The Hall–Kier alpha value is -3.26. The van der Waals surface area contributed by atoms with Gasteiger partial charge in [0.15, 0.2) is 17.2 Å². The van der Waals surface area contributed by atoms with Crippen LogP contribution in [0.2, 0.25) is 0 Å². The number of aromatic carboxylic acids is 1. The number of carboxylic acid groups (broad SMARTS) is 1. The molecule has 18 heavy (non-hydrogen) atoms. The van der Waals surface area contributed by atoms with Gasteiger partial charge in [0.2, 0.25) is 0 Å². The minimum atomic E-state index is -1.21. The molecule has 0 bridgehead atoms. The fourth-order valence-electron chi connectivity index (χ4n) is 1.37. The molecule has 0 atom stereocenters. The average Bonchev–Trinajstić information content (AvgIpc) is 2.81. The maximum atomic E-state index is 11.0. The third-order valence-electron chi connectivity index (χ3n) is 2.14. The Bertz CT molecular complexity index is 706. The summed E-state index contributed by atoms with van der Waals surface area (Å²) >= 11 is 0. The Kier molecular flexibility index (Phi) is 2.69. The normalized spacial score (nSPS) is 9.44. The van der Waals surface area contributed by atoms with Crippen LogP contribution in [0.1, 0.15) is 21.7 Å².